The fraction of sp³-hybridized carbons (Fsp3) is 0.625. The van der Waals surface area contributed by atoms with Gasteiger partial charge in [0.1, 0.15) is 0 Å². The lowest BCUT2D eigenvalue weighted by Crippen LogP contribution is -2.37. The van der Waals surface area contributed by atoms with Crippen LogP contribution in [0.15, 0.2) is 24.3 Å². The van der Waals surface area contributed by atoms with Crippen molar-refractivity contribution in [3.05, 3.63) is 35.4 Å². The van der Waals surface area contributed by atoms with E-state index in [9.17, 15) is 0 Å². The van der Waals surface area contributed by atoms with Crippen LogP contribution in [0.3, 0.4) is 0 Å². The van der Waals surface area contributed by atoms with Crippen LogP contribution in [-0.2, 0) is 6.42 Å². The molecule has 1 heterocycles. The van der Waals surface area contributed by atoms with Crippen molar-refractivity contribution in [3.8, 4) is 0 Å². The second-order valence-electron chi connectivity index (χ2n) is 6.00. The Hall–Kier alpha value is -0.860. The van der Waals surface area contributed by atoms with Crippen LogP contribution in [0.1, 0.15) is 29.9 Å². The number of piperidine rings is 1. The van der Waals surface area contributed by atoms with E-state index >= 15 is 0 Å². The number of hydrogen-bond acceptors (Lipinski definition) is 2. The lowest BCUT2D eigenvalue weighted by Gasteiger charge is -2.32. The molecule has 0 amide bonds. The first kappa shape index (κ1) is 12.2. The van der Waals surface area contributed by atoms with Crippen molar-refractivity contribution in [3.63, 3.8) is 0 Å². The smallest absolute Gasteiger partial charge is 0.00235 e. The van der Waals surface area contributed by atoms with Crippen LogP contribution in [0.4, 0.5) is 0 Å². The molecular formula is C16H24N2. The van der Waals surface area contributed by atoms with E-state index in [2.05, 4.69) is 41.5 Å². The maximum atomic E-state index is 3.69. The average Bonchev–Trinajstić information content (AvgIpc) is 2.37. The molecule has 0 radical (unpaired) electrons. The zero-order valence-electron chi connectivity index (χ0n) is 11.4. The minimum Gasteiger partial charge on any atom is -0.316 e. The predicted molar refractivity (Wildman–Crippen MR) is 76.0 cm³/mol. The van der Waals surface area contributed by atoms with Gasteiger partial charge in [0, 0.05) is 12.5 Å². The quantitative estimate of drug-likeness (QED) is 0.874. The standard InChI is InChI=1S/C16H24N2/c1-18-8-6-13(7-9-18)11-17-12-15-10-14-4-2-3-5-16(14)15/h2-5,13,15,17H,6-12H2,1H3. The van der Waals surface area contributed by atoms with Gasteiger partial charge in [-0.05, 0) is 63.0 Å². The number of fused-ring (bicyclic) bond motifs is 1. The van der Waals surface area contributed by atoms with E-state index in [1.54, 1.807) is 11.1 Å². The maximum absolute atomic E-state index is 3.69. The van der Waals surface area contributed by atoms with Crippen LogP contribution in [-0.4, -0.2) is 38.1 Å². The monoisotopic (exact) mass is 244 g/mol. The molecule has 0 aromatic heterocycles. The third-order valence-corrected chi connectivity index (χ3v) is 4.62. The molecule has 1 aromatic rings. The van der Waals surface area contributed by atoms with Gasteiger partial charge >= 0.3 is 0 Å². The molecule has 1 unspecified atom stereocenters. The highest BCUT2D eigenvalue weighted by Gasteiger charge is 2.25. The summed E-state index contributed by atoms with van der Waals surface area (Å²) in [5.74, 6) is 1.67. The number of likely N-dealkylation sites (tertiary alicyclic amines) is 1. The fourth-order valence-corrected chi connectivity index (χ4v) is 3.27. The van der Waals surface area contributed by atoms with Crippen LogP contribution in [0.25, 0.3) is 0 Å². The van der Waals surface area contributed by atoms with Crippen molar-refractivity contribution in [2.24, 2.45) is 5.92 Å². The third kappa shape index (κ3) is 2.60. The summed E-state index contributed by atoms with van der Waals surface area (Å²) in [6.07, 6.45) is 4.01. The summed E-state index contributed by atoms with van der Waals surface area (Å²) >= 11 is 0. The van der Waals surface area contributed by atoms with Gasteiger partial charge in [0.05, 0.1) is 0 Å². The van der Waals surface area contributed by atoms with Crippen molar-refractivity contribution in [2.75, 3.05) is 33.2 Å². The lowest BCUT2D eigenvalue weighted by atomic mass is 9.77. The predicted octanol–water partition coefficient (Wildman–Crippen LogP) is 2.26. The van der Waals surface area contributed by atoms with Crippen molar-refractivity contribution in [2.45, 2.75) is 25.2 Å². The van der Waals surface area contributed by atoms with Crippen LogP contribution in [0.2, 0.25) is 0 Å². The fourth-order valence-electron chi connectivity index (χ4n) is 3.27. The number of benzene rings is 1. The molecule has 0 spiro atoms. The molecule has 1 fully saturated rings. The molecule has 3 rings (SSSR count). The summed E-state index contributed by atoms with van der Waals surface area (Å²) in [5, 5.41) is 3.69. The first-order valence-electron chi connectivity index (χ1n) is 7.30. The van der Waals surface area contributed by atoms with Crippen LogP contribution < -0.4 is 5.32 Å². The molecule has 18 heavy (non-hydrogen) atoms. The van der Waals surface area contributed by atoms with Gasteiger partial charge in [0.2, 0.25) is 0 Å². The first-order valence-corrected chi connectivity index (χ1v) is 7.30. The Bertz CT molecular complexity index is 394. The second kappa shape index (κ2) is 5.41. The summed E-state index contributed by atoms with van der Waals surface area (Å²) < 4.78 is 0. The molecule has 2 aliphatic rings. The SMILES string of the molecule is CN1CCC(CNCC2Cc3ccccc32)CC1. The van der Waals surface area contributed by atoms with Gasteiger partial charge in [-0.1, -0.05) is 24.3 Å². The van der Waals surface area contributed by atoms with Crippen LogP contribution >= 0.6 is 0 Å². The van der Waals surface area contributed by atoms with Gasteiger partial charge in [-0.3, -0.25) is 0 Å². The molecule has 2 heteroatoms. The van der Waals surface area contributed by atoms with E-state index in [1.165, 1.54) is 45.4 Å². The van der Waals surface area contributed by atoms with E-state index in [4.69, 9.17) is 0 Å². The summed E-state index contributed by atoms with van der Waals surface area (Å²) in [6, 6.07) is 8.88. The highest BCUT2D eigenvalue weighted by Crippen LogP contribution is 2.34. The lowest BCUT2D eigenvalue weighted by molar-refractivity contribution is 0.215. The molecule has 1 aliphatic heterocycles. The maximum Gasteiger partial charge on any atom is 0.00235 e. The first-order chi connectivity index (χ1) is 8.83. The van der Waals surface area contributed by atoms with Crippen molar-refractivity contribution < 1.29 is 0 Å². The van der Waals surface area contributed by atoms with Crippen molar-refractivity contribution in [1.82, 2.24) is 10.2 Å². The molecule has 1 N–H and O–H groups in total. The van der Waals surface area contributed by atoms with Crippen molar-refractivity contribution in [1.29, 1.82) is 0 Å². The normalized spacial score (nSPS) is 24.6. The van der Waals surface area contributed by atoms with E-state index < -0.39 is 0 Å². The Morgan fingerprint density at radius 2 is 1.94 bits per heavy atom. The van der Waals surface area contributed by atoms with Gasteiger partial charge in [-0.25, -0.2) is 0 Å². The van der Waals surface area contributed by atoms with Crippen LogP contribution in [0.5, 0.6) is 0 Å². The van der Waals surface area contributed by atoms with Gasteiger partial charge in [0.15, 0.2) is 0 Å². The zero-order valence-corrected chi connectivity index (χ0v) is 11.4. The Kier molecular flexibility index (Phi) is 3.67. The van der Waals surface area contributed by atoms with Gasteiger partial charge in [0.25, 0.3) is 0 Å². The molecule has 0 saturated carbocycles. The zero-order chi connectivity index (χ0) is 12.4. The highest BCUT2D eigenvalue weighted by molar-refractivity contribution is 5.40. The summed E-state index contributed by atoms with van der Waals surface area (Å²) in [4.78, 5) is 2.44. The second-order valence-corrected chi connectivity index (χ2v) is 6.00. The Morgan fingerprint density at radius 3 is 2.72 bits per heavy atom. The highest BCUT2D eigenvalue weighted by atomic mass is 15.1. The van der Waals surface area contributed by atoms with E-state index in [0.717, 1.165) is 11.8 Å². The Labute approximate surface area is 110 Å². The number of hydrogen-bond donors (Lipinski definition) is 1. The Morgan fingerprint density at radius 1 is 1.17 bits per heavy atom. The average molecular weight is 244 g/mol. The summed E-state index contributed by atoms with van der Waals surface area (Å²) in [6.45, 7) is 4.94. The van der Waals surface area contributed by atoms with Gasteiger partial charge in [-0.2, -0.15) is 0 Å². The molecule has 1 atom stereocenters. The van der Waals surface area contributed by atoms with Gasteiger partial charge in [-0.15, -0.1) is 0 Å². The van der Waals surface area contributed by atoms with E-state index in [1.807, 2.05) is 0 Å². The number of rotatable bonds is 4. The van der Waals surface area contributed by atoms with Gasteiger partial charge < -0.3 is 10.2 Å². The largest absolute Gasteiger partial charge is 0.316 e. The summed E-state index contributed by atoms with van der Waals surface area (Å²) in [7, 11) is 2.23. The Balaban J connectivity index is 1.39. The molecule has 0 bridgehead atoms. The third-order valence-electron chi connectivity index (χ3n) is 4.62. The molecule has 1 aromatic carbocycles. The minimum atomic E-state index is 0.771. The molecule has 98 valence electrons. The number of nitrogens with one attached hydrogen (secondary N) is 1. The summed E-state index contributed by atoms with van der Waals surface area (Å²) in [5.41, 5.74) is 3.14. The molecule has 1 aliphatic carbocycles. The van der Waals surface area contributed by atoms with E-state index in [0.29, 0.717) is 0 Å². The topological polar surface area (TPSA) is 15.3 Å². The molecule has 2 nitrogen and oxygen atoms in total. The molecular weight excluding hydrogens is 220 g/mol. The van der Waals surface area contributed by atoms with Crippen LogP contribution in [0, 0.1) is 5.92 Å². The number of nitrogens with zero attached hydrogens (tertiary/aromatic N) is 1. The van der Waals surface area contributed by atoms with E-state index in [-0.39, 0.29) is 0 Å². The van der Waals surface area contributed by atoms with Crippen molar-refractivity contribution >= 4 is 0 Å². The molecule has 1 saturated heterocycles. The minimum absolute atomic E-state index is 0.771.